The van der Waals surface area contributed by atoms with Gasteiger partial charge in [-0.15, -0.1) is 0 Å². The van der Waals surface area contributed by atoms with Crippen LogP contribution < -0.4 is 0 Å². The Morgan fingerprint density at radius 1 is 1.22 bits per heavy atom. The maximum Gasteiger partial charge on any atom is 0.370 e. The first kappa shape index (κ1) is 14.2. The van der Waals surface area contributed by atoms with E-state index in [1.165, 1.54) is 0 Å². The maximum atomic E-state index is 13.5. The van der Waals surface area contributed by atoms with Crippen molar-refractivity contribution in [1.29, 1.82) is 0 Å². The molecule has 106 valence electrons. The first-order valence-electron chi connectivity index (χ1n) is 6.41. The molecule has 0 amide bonds. The zero-order valence-electron chi connectivity index (χ0n) is 10.7. The second-order valence-corrected chi connectivity index (χ2v) is 7.99. The molecule has 0 aromatic heterocycles. The van der Waals surface area contributed by atoms with Crippen LogP contribution >= 0.6 is 0 Å². The summed E-state index contributed by atoms with van der Waals surface area (Å²) in [5, 5.41) is -4.00. The molecule has 1 N–H and O–H groups in total. The largest absolute Gasteiger partial charge is 0.370 e. The van der Waals surface area contributed by atoms with Crippen LogP contribution in [0.2, 0.25) is 0 Å². The van der Waals surface area contributed by atoms with Gasteiger partial charge in [-0.1, -0.05) is 13.8 Å². The first-order valence-corrected chi connectivity index (χ1v) is 7.85. The van der Waals surface area contributed by atoms with E-state index in [1.54, 1.807) is 0 Å². The average Bonchev–Trinajstić information content (AvgIpc) is 2.72. The van der Waals surface area contributed by atoms with Crippen molar-refractivity contribution in [1.82, 2.24) is 0 Å². The SMILES string of the molecule is CC1CC(C)CC2(CC(F)(F)S(=O)(=O)O)CC2C1. The Morgan fingerprint density at radius 3 is 2.39 bits per heavy atom. The molecule has 0 aromatic carbocycles. The van der Waals surface area contributed by atoms with E-state index in [2.05, 4.69) is 6.92 Å². The van der Waals surface area contributed by atoms with Crippen molar-refractivity contribution in [2.24, 2.45) is 23.2 Å². The summed E-state index contributed by atoms with van der Waals surface area (Å²) in [6, 6.07) is 0. The lowest BCUT2D eigenvalue weighted by atomic mass is 9.88. The molecule has 0 heterocycles. The van der Waals surface area contributed by atoms with Crippen molar-refractivity contribution in [2.75, 3.05) is 0 Å². The van der Waals surface area contributed by atoms with E-state index in [4.69, 9.17) is 4.55 Å². The Balaban J connectivity index is 2.15. The quantitative estimate of drug-likeness (QED) is 0.808. The Hall–Kier alpha value is -0.230. The molecule has 0 radical (unpaired) electrons. The third-order valence-corrected chi connectivity index (χ3v) is 5.44. The summed E-state index contributed by atoms with van der Waals surface area (Å²) in [6.45, 7) is 4.15. The smallest absolute Gasteiger partial charge is 0.281 e. The number of hydrogen-bond donors (Lipinski definition) is 1. The van der Waals surface area contributed by atoms with E-state index in [1.807, 2.05) is 6.92 Å². The second-order valence-electron chi connectivity index (χ2n) is 6.44. The van der Waals surface area contributed by atoms with E-state index >= 15 is 0 Å². The van der Waals surface area contributed by atoms with Gasteiger partial charge in [0.05, 0.1) is 0 Å². The minimum absolute atomic E-state index is 0.199. The van der Waals surface area contributed by atoms with Crippen LogP contribution in [0.5, 0.6) is 0 Å². The summed E-state index contributed by atoms with van der Waals surface area (Å²) in [4.78, 5) is 0. The molecule has 0 spiro atoms. The number of fused-ring (bicyclic) bond motifs is 1. The van der Waals surface area contributed by atoms with Crippen LogP contribution in [-0.4, -0.2) is 18.2 Å². The van der Waals surface area contributed by atoms with Crippen LogP contribution in [0.4, 0.5) is 8.78 Å². The summed E-state index contributed by atoms with van der Waals surface area (Å²) in [5.41, 5.74) is -0.566. The van der Waals surface area contributed by atoms with Crippen molar-refractivity contribution in [2.45, 2.75) is 51.2 Å². The summed E-state index contributed by atoms with van der Waals surface area (Å²) in [7, 11) is -5.29. The standard InChI is InChI=1S/C12H20F2O3S/c1-8-3-9(2)5-11(6-10(11)4-8)7-12(13,14)18(15,16)17/h8-10H,3-7H2,1-2H3,(H,15,16,17). The van der Waals surface area contributed by atoms with Crippen LogP contribution in [0, 0.1) is 23.2 Å². The zero-order chi connectivity index (χ0) is 13.8. The number of rotatable bonds is 3. The van der Waals surface area contributed by atoms with Gasteiger partial charge in [-0.3, -0.25) is 4.55 Å². The Bertz CT molecular complexity index is 435. The van der Waals surface area contributed by atoms with E-state index in [0.29, 0.717) is 24.7 Å². The number of alkyl halides is 2. The molecule has 2 aliphatic carbocycles. The molecule has 6 heteroatoms. The van der Waals surface area contributed by atoms with Crippen LogP contribution in [0.25, 0.3) is 0 Å². The number of halogens is 2. The molecule has 2 aliphatic rings. The molecule has 4 unspecified atom stereocenters. The highest BCUT2D eigenvalue weighted by atomic mass is 32.2. The molecule has 0 aliphatic heterocycles. The van der Waals surface area contributed by atoms with E-state index in [0.717, 1.165) is 12.8 Å². The van der Waals surface area contributed by atoms with E-state index < -0.39 is 27.2 Å². The zero-order valence-corrected chi connectivity index (χ0v) is 11.5. The Kier molecular flexibility index (Phi) is 3.26. The van der Waals surface area contributed by atoms with Gasteiger partial charge < -0.3 is 0 Å². The lowest BCUT2D eigenvalue weighted by Gasteiger charge is -2.23. The average molecular weight is 282 g/mol. The van der Waals surface area contributed by atoms with Gasteiger partial charge in [0.1, 0.15) is 0 Å². The fourth-order valence-corrected chi connectivity index (χ4v) is 4.32. The van der Waals surface area contributed by atoms with Gasteiger partial charge >= 0.3 is 15.4 Å². The summed E-state index contributed by atoms with van der Waals surface area (Å²) < 4.78 is 57.1. The molecule has 0 saturated heterocycles. The van der Waals surface area contributed by atoms with Gasteiger partial charge in [-0.05, 0) is 48.9 Å². The molecule has 3 nitrogen and oxygen atoms in total. The predicted octanol–water partition coefficient (Wildman–Crippen LogP) is 3.32. The van der Waals surface area contributed by atoms with Gasteiger partial charge in [0.2, 0.25) is 0 Å². The maximum absolute atomic E-state index is 13.5. The van der Waals surface area contributed by atoms with Crippen LogP contribution in [0.15, 0.2) is 0 Å². The van der Waals surface area contributed by atoms with Crippen LogP contribution in [-0.2, 0) is 10.1 Å². The molecule has 2 fully saturated rings. The lowest BCUT2D eigenvalue weighted by molar-refractivity contribution is 0.0401. The van der Waals surface area contributed by atoms with Crippen LogP contribution in [0.1, 0.15) is 46.0 Å². The van der Waals surface area contributed by atoms with Gasteiger partial charge in [0.15, 0.2) is 0 Å². The van der Waals surface area contributed by atoms with Crippen molar-refractivity contribution >= 4 is 10.1 Å². The molecule has 18 heavy (non-hydrogen) atoms. The van der Waals surface area contributed by atoms with Gasteiger partial charge in [0, 0.05) is 6.42 Å². The van der Waals surface area contributed by atoms with E-state index in [-0.39, 0.29) is 5.92 Å². The molecule has 2 rings (SSSR count). The summed E-state index contributed by atoms with van der Waals surface area (Å²) >= 11 is 0. The van der Waals surface area contributed by atoms with Crippen molar-refractivity contribution < 1.29 is 21.8 Å². The first-order chi connectivity index (χ1) is 8.06. The predicted molar refractivity (Wildman–Crippen MR) is 63.8 cm³/mol. The number of hydrogen-bond acceptors (Lipinski definition) is 2. The third kappa shape index (κ3) is 2.54. The molecule has 4 atom stereocenters. The molecular weight excluding hydrogens is 262 g/mol. The summed E-state index contributed by atoms with van der Waals surface area (Å²) in [5.74, 6) is 1.04. The minimum atomic E-state index is -5.29. The lowest BCUT2D eigenvalue weighted by Crippen LogP contribution is -2.32. The van der Waals surface area contributed by atoms with Gasteiger partial charge in [-0.25, -0.2) is 0 Å². The molecular formula is C12H20F2O3S. The van der Waals surface area contributed by atoms with Crippen molar-refractivity contribution in [3.63, 3.8) is 0 Å². The molecule has 2 saturated carbocycles. The normalized spacial score (nSPS) is 41.1. The van der Waals surface area contributed by atoms with Crippen molar-refractivity contribution in [3.8, 4) is 0 Å². The fraction of sp³-hybridized carbons (Fsp3) is 1.00. The highest BCUT2D eigenvalue weighted by Crippen LogP contribution is 2.66. The van der Waals surface area contributed by atoms with Gasteiger partial charge in [0.25, 0.3) is 0 Å². The molecule has 0 aromatic rings. The topological polar surface area (TPSA) is 54.4 Å². The van der Waals surface area contributed by atoms with Crippen molar-refractivity contribution in [3.05, 3.63) is 0 Å². The Labute approximate surface area is 107 Å². The second kappa shape index (κ2) is 4.13. The van der Waals surface area contributed by atoms with Gasteiger partial charge in [-0.2, -0.15) is 17.2 Å². The highest BCUT2D eigenvalue weighted by Gasteiger charge is 2.62. The van der Waals surface area contributed by atoms with Crippen LogP contribution in [0.3, 0.4) is 0 Å². The van der Waals surface area contributed by atoms with E-state index in [9.17, 15) is 17.2 Å². The monoisotopic (exact) mass is 282 g/mol. The Morgan fingerprint density at radius 2 is 1.83 bits per heavy atom. The summed E-state index contributed by atoms with van der Waals surface area (Å²) in [6.07, 6.45) is 2.50. The minimum Gasteiger partial charge on any atom is -0.281 e. The third-order valence-electron chi connectivity index (χ3n) is 4.54. The molecule has 0 bridgehead atoms. The highest BCUT2D eigenvalue weighted by molar-refractivity contribution is 7.86. The fourth-order valence-electron chi connectivity index (χ4n) is 3.85.